The molecule has 3 nitrogen and oxygen atoms in total. The first-order valence-electron chi connectivity index (χ1n) is 1.89. The van der Waals surface area contributed by atoms with Crippen LogP contribution in [0, 0.1) is 0 Å². The summed E-state index contributed by atoms with van der Waals surface area (Å²) in [4.78, 5) is 10.0. The van der Waals surface area contributed by atoms with Crippen molar-refractivity contribution in [2.75, 3.05) is 0 Å². The van der Waals surface area contributed by atoms with Crippen LogP contribution in [-0.4, -0.2) is 19.8 Å². The maximum absolute atomic E-state index is 10.0. The van der Waals surface area contributed by atoms with Gasteiger partial charge in [0.25, 0.3) is 0 Å². The van der Waals surface area contributed by atoms with Crippen molar-refractivity contribution < 1.29 is 9.90 Å². The van der Waals surface area contributed by atoms with E-state index >= 15 is 0 Å². The molecule has 0 saturated carbocycles. The van der Waals surface area contributed by atoms with Crippen molar-refractivity contribution in [3.05, 3.63) is 0 Å². The Morgan fingerprint density at radius 3 is 2.38 bits per heavy atom. The first-order valence-corrected chi connectivity index (χ1v) is 3.19. The maximum Gasteiger partial charge on any atom is 0.322 e. The molecule has 1 unspecified atom stereocenters. The Morgan fingerprint density at radius 2 is 2.38 bits per heavy atom. The Hall–Kier alpha value is 0.450. The first kappa shape index (κ1) is 8.45. The minimum absolute atomic E-state index is 0.628. The van der Waals surface area contributed by atoms with Crippen LogP contribution in [0.5, 0.6) is 0 Å². The number of carbonyl (C=O) groups is 1. The van der Waals surface area contributed by atoms with Crippen LogP contribution in [0.25, 0.3) is 0 Å². The minimum atomic E-state index is -0.922. The van der Waals surface area contributed by atoms with Gasteiger partial charge in [-0.25, -0.2) is 0 Å². The molecule has 0 aliphatic carbocycles. The van der Waals surface area contributed by atoms with Crippen molar-refractivity contribution in [1.29, 1.82) is 0 Å². The van der Waals surface area contributed by atoms with E-state index in [1.54, 1.807) is 22.9 Å². The zero-order valence-corrected chi connectivity index (χ0v) is 7.05. The second-order valence-electron chi connectivity index (χ2n) is 1.27. The minimum Gasteiger partial charge on any atom is -0.480 e. The smallest absolute Gasteiger partial charge is 0.322 e. The van der Waals surface area contributed by atoms with Crippen LogP contribution < -0.4 is 0 Å². The number of nitrogens with zero attached hydrogens (tertiary/aromatic N) is 1. The molecule has 0 aliphatic heterocycles. The molecule has 0 spiro atoms. The zero-order valence-electron chi connectivity index (χ0n) is 4.14. The van der Waals surface area contributed by atoms with Gasteiger partial charge in [0.15, 0.2) is 0 Å². The molecule has 0 heterocycles. The molecule has 8 heavy (non-hydrogen) atoms. The van der Waals surface area contributed by atoms with Crippen molar-refractivity contribution >= 4 is 40.6 Å². The summed E-state index contributed by atoms with van der Waals surface area (Å²) in [7, 11) is 0. The van der Waals surface area contributed by atoms with E-state index in [0.29, 0.717) is 0 Å². The Kier molecular flexibility index (Phi) is 3.67. The first-order chi connectivity index (χ1) is 3.55. The van der Waals surface area contributed by atoms with Gasteiger partial charge in [-0.05, 0) is 18.7 Å². The number of hydrogen-bond donors (Lipinski definition) is 1. The second kappa shape index (κ2) is 3.47. The number of halogens is 2. The van der Waals surface area contributed by atoms with Crippen LogP contribution in [-0.2, 0) is 4.79 Å². The lowest BCUT2D eigenvalue weighted by Crippen LogP contribution is -2.24. The summed E-state index contributed by atoms with van der Waals surface area (Å²) in [5, 5.41) is 8.22. The van der Waals surface area contributed by atoms with Gasteiger partial charge in [-0.1, -0.05) is 0 Å². The summed E-state index contributed by atoms with van der Waals surface area (Å²) in [6, 6.07) is -0.628. The van der Waals surface area contributed by atoms with Gasteiger partial charge in [0, 0.05) is 22.9 Å². The van der Waals surface area contributed by atoms with Crippen molar-refractivity contribution in [2.45, 2.75) is 13.0 Å². The highest BCUT2D eigenvalue weighted by Crippen LogP contribution is 2.08. The van der Waals surface area contributed by atoms with Gasteiger partial charge in [0.05, 0.1) is 0 Å². The summed E-state index contributed by atoms with van der Waals surface area (Å²) in [5.74, 6) is -0.922. The number of aliphatic carboxylic acids is 1. The van der Waals surface area contributed by atoms with Crippen LogP contribution in [0.2, 0.25) is 0 Å². The highest BCUT2D eigenvalue weighted by atomic mass is 127. The van der Waals surface area contributed by atoms with Crippen LogP contribution >= 0.6 is 34.6 Å². The molecular weight excluding hydrogens is 244 g/mol. The summed E-state index contributed by atoms with van der Waals surface area (Å²) >= 11 is 6.96. The van der Waals surface area contributed by atoms with Gasteiger partial charge in [-0.3, -0.25) is 4.79 Å². The van der Waals surface area contributed by atoms with Gasteiger partial charge < -0.3 is 5.11 Å². The fourth-order valence-electron chi connectivity index (χ4n) is 0.0835. The average molecular weight is 249 g/mol. The third-order valence-electron chi connectivity index (χ3n) is 0.650. The van der Waals surface area contributed by atoms with Crippen molar-refractivity contribution in [2.24, 2.45) is 0 Å². The van der Waals surface area contributed by atoms with E-state index in [-0.39, 0.29) is 0 Å². The predicted octanol–water partition coefficient (Wildman–Crippen LogP) is 1.27. The highest BCUT2D eigenvalue weighted by molar-refractivity contribution is 14.1. The third kappa shape index (κ3) is 2.68. The van der Waals surface area contributed by atoms with Crippen LogP contribution in [0.4, 0.5) is 0 Å². The summed E-state index contributed by atoms with van der Waals surface area (Å²) in [6.07, 6.45) is 0. The number of hydrogen-bond acceptors (Lipinski definition) is 2. The van der Waals surface area contributed by atoms with E-state index in [4.69, 9.17) is 16.9 Å². The molecule has 0 aliphatic rings. The molecular formula is C3H5ClINO2. The third-order valence-corrected chi connectivity index (χ3v) is 1.78. The van der Waals surface area contributed by atoms with Crippen molar-refractivity contribution in [3.8, 4) is 0 Å². The summed E-state index contributed by atoms with van der Waals surface area (Å²) in [5.41, 5.74) is 0. The lowest BCUT2D eigenvalue weighted by atomic mass is 10.4. The Balaban J connectivity index is 3.64. The zero-order chi connectivity index (χ0) is 6.73. The standard InChI is InChI=1S/C3H5ClINO2/c1-2(3(7)8)6(4)5/h2H,1H3,(H,7,8). The molecule has 0 aromatic carbocycles. The lowest BCUT2D eigenvalue weighted by Gasteiger charge is -2.07. The van der Waals surface area contributed by atoms with Crippen LogP contribution in [0.15, 0.2) is 0 Å². The monoisotopic (exact) mass is 249 g/mol. The average Bonchev–Trinajstić information content (AvgIpc) is 1.64. The van der Waals surface area contributed by atoms with Crippen LogP contribution in [0.1, 0.15) is 6.92 Å². The molecule has 0 aromatic rings. The number of rotatable bonds is 2. The predicted molar refractivity (Wildman–Crippen MR) is 38.8 cm³/mol. The molecule has 48 valence electrons. The van der Waals surface area contributed by atoms with E-state index < -0.39 is 12.0 Å². The normalized spacial score (nSPS) is 14.0. The maximum atomic E-state index is 10.0. The van der Waals surface area contributed by atoms with Crippen molar-refractivity contribution in [3.63, 3.8) is 0 Å². The van der Waals surface area contributed by atoms with Gasteiger partial charge >= 0.3 is 5.97 Å². The summed E-state index contributed by atoms with van der Waals surface area (Å²) in [6.45, 7) is 1.50. The molecule has 0 fully saturated rings. The Labute approximate surface area is 66.2 Å². The number of carboxylic acid groups (broad SMARTS) is 1. The van der Waals surface area contributed by atoms with E-state index in [2.05, 4.69) is 0 Å². The lowest BCUT2D eigenvalue weighted by molar-refractivity contribution is -0.139. The molecule has 0 rings (SSSR count). The van der Waals surface area contributed by atoms with Gasteiger partial charge in [-0.2, -0.15) is 0 Å². The molecule has 0 amide bonds. The van der Waals surface area contributed by atoms with Crippen molar-refractivity contribution in [1.82, 2.24) is 2.63 Å². The largest absolute Gasteiger partial charge is 0.480 e. The molecule has 0 radical (unpaired) electrons. The Morgan fingerprint density at radius 1 is 2.00 bits per heavy atom. The highest BCUT2D eigenvalue weighted by Gasteiger charge is 2.15. The molecule has 0 bridgehead atoms. The number of carboxylic acids is 1. The van der Waals surface area contributed by atoms with Gasteiger partial charge in [0.1, 0.15) is 6.04 Å². The second-order valence-corrected chi connectivity index (χ2v) is 3.25. The Bertz CT molecular complexity index is 97.3. The van der Waals surface area contributed by atoms with Gasteiger partial charge in [-0.15, -0.1) is 2.63 Å². The molecule has 5 heteroatoms. The molecule has 0 saturated heterocycles. The molecule has 0 aromatic heterocycles. The molecule has 1 atom stereocenters. The quantitative estimate of drug-likeness (QED) is 0.592. The van der Waals surface area contributed by atoms with Gasteiger partial charge in [0.2, 0.25) is 0 Å². The van der Waals surface area contributed by atoms with E-state index in [1.807, 2.05) is 0 Å². The van der Waals surface area contributed by atoms with E-state index in [1.165, 1.54) is 6.92 Å². The fraction of sp³-hybridized carbons (Fsp3) is 0.667. The van der Waals surface area contributed by atoms with Crippen LogP contribution in [0.3, 0.4) is 0 Å². The van der Waals surface area contributed by atoms with E-state index in [0.717, 1.165) is 2.63 Å². The fourth-order valence-corrected chi connectivity index (χ4v) is 0.405. The van der Waals surface area contributed by atoms with E-state index in [9.17, 15) is 4.79 Å². The summed E-state index contributed by atoms with van der Waals surface area (Å²) < 4.78 is 1.08. The SMILES string of the molecule is CC(C(=O)O)N(Cl)I. The molecule has 1 N–H and O–H groups in total. The topological polar surface area (TPSA) is 40.5 Å².